The van der Waals surface area contributed by atoms with Crippen LogP contribution in [0.2, 0.25) is 0 Å². The molecule has 0 radical (unpaired) electrons. The summed E-state index contributed by atoms with van der Waals surface area (Å²) in [6, 6.07) is 13.4. The zero-order valence-corrected chi connectivity index (χ0v) is 20.4. The maximum atomic E-state index is 12.4. The van der Waals surface area contributed by atoms with Crippen molar-refractivity contribution >= 4 is 34.8 Å². The number of carbonyl (C=O) groups is 2. The van der Waals surface area contributed by atoms with Gasteiger partial charge in [0.1, 0.15) is 23.0 Å². The van der Waals surface area contributed by atoms with Crippen LogP contribution in [0.15, 0.2) is 63.7 Å². The van der Waals surface area contributed by atoms with Crippen LogP contribution in [0.5, 0.6) is 11.5 Å². The standard InChI is InChI=1S/C26H27NO6S/c1-5-22(28)27-25-23(26(30)32-6-2)24(29)21(34-25)14-18-11-12-19(20(13-18)31-4)33-15-17-9-7-16(3)8-10-17/h7-14,29H,5-6,15H2,1-4H3/b21-14-,27-25?. The first-order valence-electron chi connectivity index (χ1n) is 10.8. The Hall–Kier alpha value is -3.52. The number of aliphatic hydroxyl groups excluding tert-OH is 1. The van der Waals surface area contributed by atoms with Gasteiger partial charge in [0.15, 0.2) is 11.5 Å². The Bertz CT molecular complexity index is 1160. The number of benzene rings is 2. The number of amides is 1. The maximum absolute atomic E-state index is 12.4. The Labute approximate surface area is 203 Å². The molecule has 7 nitrogen and oxygen atoms in total. The molecule has 0 atom stereocenters. The highest BCUT2D eigenvalue weighted by Gasteiger charge is 2.33. The summed E-state index contributed by atoms with van der Waals surface area (Å²) in [5, 5.41) is 10.8. The number of aryl methyl sites for hydroxylation is 1. The van der Waals surface area contributed by atoms with E-state index < -0.39 is 11.9 Å². The van der Waals surface area contributed by atoms with E-state index in [1.807, 2.05) is 37.3 Å². The molecule has 0 saturated carbocycles. The molecule has 2 aromatic carbocycles. The van der Waals surface area contributed by atoms with Gasteiger partial charge in [0.25, 0.3) is 0 Å². The SMILES string of the molecule is CCOC(=O)C1=C(O)/C(=C/c2ccc(OCc3ccc(C)cc3)c(OC)c2)SC1=NC(=O)CC. The molecule has 0 fully saturated rings. The number of hydrogen-bond donors (Lipinski definition) is 1. The van der Waals surface area contributed by atoms with Gasteiger partial charge < -0.3 is 19.3 Å². The van der Waals surface area contributed by atoms with Crippen LogP contribution < -0.4 is 9.47 Å². The minimum absolute atomic E-state index is 0.107. The zero-order chi connectivity index (χ0) is 24.7. The van der Waals surface area contributed by atoms with Crippen molar-refractivity contribution in [2.45, 2.75) is 33.8 Å². The fourth-order valence-electron chi connectivity index (χ4n) is 3.07. The van der Waals surface area contributed by atoms with E-state index >= 15 is 0 Å². The molecule has 0 saturated heterocycles. The summed E-state index contributed by atoms with van der Waals surface area (Å²) in [5.74, 6) is -0.295. The van der Waals surface area contributed by atoms with Crippen molar-refractivity contribution < 1.29 is 28.9 Å². The van der Waals surface area contributed by atoms with Crippen molar-refractivity contribution in [1.29, 1.82) is 0 Å². The van der Waals surface area contributed by atoms with Gasteiger partial charge in [0, 0.05) is 6.42 Å². The first-order chi connectivity index (χ1) is 16.4. The van der Waals surface area contributed by atoms with Gasteiger partial charge in [-0.2, -0.15) is 0 Å². The van der Waals surface area contributed by atoms with Crippen molar-refractivity contribution in [3.63, 3.8) is 0 Å². The first kappa shape index (κ1) is 25.1. The average molecular weight is 482 g/mol. The van der Waals surface area contributed by atoms with E-state index in [0.29, 0.717) is 28.6 Å². The summed E-state index contributed by atoms with van der Waals surface area (Å²) < 4.78 is 16.4. The first-order valence-corrected chi connectivity index (χ1v) is 11.7. The van der Waals surface area contributed by atoms with Crippen LogP contribution in [0.3, 0.4) is 0 Å². The topological polar surface area (TPSA) is 94.4 Å². The number of nitrogens with zero attached hydrogens (tertiary/aromatic N) is 1. The Morgan fingerprint density at radius 2 is 1.82 bits per heavy atom. The molecule has 0 unspecified atom stereocenters. The third kappa shape index (κ3) is 6.08. The molecule has 8 heteroatoms. The van der Waals surface area contributed by atoms with Crippen LogP contribution in [0.4, 0.5) is 0 Å². The third-order valence-corrected chi connectivity index (χ3v) is 5.92. The molecule has 0 aliphatic carbocycles. The number of aliphatic imine (C=N–C) groups is 1. The lowest BCUT2D eigenvalue weighted by molar-refractivity contribution is -0.138. The fourth-order valence-corrected chi connectivity index (χ4v) is 4.11. The Balaban J connectivity index is 1.87. The molecule has 1 aliphatic rings. The molecule has 1 N–H and O–H groups in total. The van der Waals surface area contributed by atoms with E-state index in [4.69, 9.17) is 14.2 Å². The van der Waals surface area contributed by atoms with E-state index in [0.717, 1.165) is 17.3 Å². The van der Waals surface area contributed by atoms with Crippen LogP contribution in [0.1, 0.15) is 37.0 Å². The Morgan fingerprint density at radius 3 is 2.47 bits per heavy atom. The smallest absolute Gasteiger partial charge is 0.344 e. The van der Waals surface area contributed by atoms with E-state index in [9.17, 15) is 14.7 Å². The molecule has 1 heterocycles. The zero-order valence-electron chi connectivity index (χ0n) is 19.6. The molecular formula is C26H27NO6S. The lowest BCUT2D eigenvalue weighted by Crippen LogP contribution is -2.14. The van der Waals surface area contributed by atoms with Crippen molar-refractivity contribution in [2.75, 3.05) is 13.7 Å². The number of carbonyl (C=O) groups excluding carboxylic acids is 2. The van der Waals surface area contributed by atoms with Crippen LogP contribution >= 0.6 is 11.8 Å². The van der Waals surface area contributed by atoms with E-state index in [1.165, 1.54) is 5.56 Å². The van der Waals surface area contributed by atoms with Crippen molar-refractivity contribution in [2.24, 2.45) is 4.99 Å². The number of hydrogen-bond acceptors (Lipinski definition) is 7. The van der Waals surface area contributed by atoms with Gasteiger partial charge >= 0.3 is 5.97 Å². The fraction of sp³-hybridized carbons (Fsp3) is 0.269. The van der Waals surface area contributed by atoms with E-state index in [-0.39, 0.29) is 29.4 Å². The summed E-state index contributed by atoms with van der Waals surface area (Å²) in [7, 11) is 1.55. The Morgan fingerprint density at radius 1 is 1.09 bits per heavy atom. The second-order valence-electron chi connectivity index (χ2n) is 7.40. The summed E-state index contributed by atoms with van der Waals surface area (Å²) in [4.78, 5) is 28.6. The lowest BCUT2D eigenvalue weighted by Gasteiger charge is -2.12. The predicted octanol–water partition coefficient (Wildman–Crippen LogP) is 5.38. The van der Waals surface area contributed by atoms with Crippen molar-refractivity contribution in [3.05, 3.63) is 75.4 Å². The Kier molecular flexibility index (Phi) is 8.54. The average Bonchev–Trinajstić information content (AvgIpc) is 3.13. The highest BCUT2D eigenvalue weighted by Crippen LogP contribution is 2.40. The third-order valence-electron chi connectivity index (χ3n) is 4.90. The summed E-state index contributed by atoms with van der Waals surface area (Å²) in [6.45, 7) is 5.89. The summed E-state index contributed by atoms with van der Waals surface area (Å²) >= 11 is 1.04. The molecule has 0 aromatic heterocycles. The monoisotopic (exact) mass is 481 g/mol. The minimum Gasteiger partial charge on any atom is -0.506 e. The molecule has 0 bridgehead atoms. The number of methoxy groups -OCH3 is 1. The molecule has 0 spiro atoms. The second kappa shape index (κ2) is 11.6. The second-order valence-corrected chi connectivity index (χ2v) is 8.43. The van der Waals surface area contributed by atoms with Crippen molar-refractivity contribution in [1.82, 2.24) is 0 Å². The predicted molar refractivity (Wildman–Crippen MR) is 133 cm³/mol. The molecule has 3 rings (SSSR count). The van der Waals surface area contributed by atoms with Gasteiger partial charge in [-0.25, -0.2) is 9.79 Å². The van der Waals surface area contributed by atoms with Crippen LogP contribution in [0.25, 0.3) is 6.08 Å². The van der Waals surface area contributed by atoms with E-state index in [1.54, 1.807) is 39.2 Å². The maximum Gasteiger partial charge on any atom is 0.344 e. The van der Waals surface area contributed by atoms with Gasteiger partial charge in [0.05, 0.1) is 18.6 Å². The molecule has 178 valence electrons. The van der Waals surface area contributed by atoms with Gasteiger partial charge in [-0.05, 0) is 43.2 Å². The number of ether oxygens (including phenoxy) is 3. The molecule has 2 aromatic rings. The number of aliphatic hydroxyl groups is 1. The van der Waals surface area contributed by atoms with Gasteiger partial charge in [-0.15, -0.1) is 0 Å². The molecule has 34 heavy (non-hydrogen) atoms. The molecular weight excluding hydrogens is 454 g/mol. The highest BCUT2D eigenvalue weighted by atomic mass is 32.2. The summed E-state index contributed by atoms with van der Waals surface area (Å²) in [6.07, 6.45) is 1.87. The van der Waals surface area contributed by atoms with Crippen LogP contribution in [-0.4, -0.2) is 35.7 Å². The van der Waals surface area contributed by atoms with E-state index in [2.05, 4.69) is 4.99 Å². The number of rotatable bonds is 8. The van der Waals surface area contributed by atoms with Gasteiger partial charge in [-0.3, -0.25) is 4.79 Å². The quantitative estimate of drug-likeness (QED) is 0.506. The van der Waals surface area contributed by atoms with Gasteiger partial charge in [-0.1, -0.05) is 54.6 Å². The number of thioether (sulfide) groups is 1. The van der Waals surface area contributed by atoms with Crippen LogP contribution in [-0.2, 0) is 20.9 Å². The van der Waals surface area contributed by atoms with Crippen molar-refractivity contribution in [3.8, 4) is 11.5 Å². The lowest BCUT2D eigenvalue weighted by atomic mass is 10.1. The normalized spacial score (nSPS) is 15.6. The molecule has 1 amide bonds. The molecule has 1 aliphatic heterocycles. The largest absolute Gasteiger partial charge is 0.506 e. The minimum atomic E-state index is -0.726. The van der Waals surface area contributed by atoms with Gasteiger partial charge in [0.2, 0.25) is 5.91 Å². The van der Waals surface area contributed by atoms with Crippen LogP contribution in [0, 0.1) is 6.92 Å². The highest BCUT2D eigenvalue weighted by molar-refractivity contribution is 8.18. The summed E-state index contributed by atoms with van der Waals surface area (Å²) in [5.41, 5.74) is 2.82. The number of esters is 1.